The van der Waals surface area contributed by atoms with E-state index in [1.54, 1.807) is 18.2 Å². The van der Waals surface area contributed by atoms with Gasteiger partial charge in [-0.2, -0.15) is 18.2 Å². The van der Waals surface area contributed by atoms with Crippen LogP contribution in [-0.2, 0) is 12.7 Å². The van der Waals surface area contributed by atoms with Crippen LogP contribution in [0.1, 0.15) is 11.1 Å². The van der Waals surface area contributed by atoms with Crippen LogP contribution >= 0.6 is 0 Å². The summed E-state index contributed by atoms with van der Waals surface area (Å²) in [4.78, 5) is 13.9. The Kier molecular flexibility index (Phi) is 5.81. The standard InChI is InChI=1S/C21H21F4N5O/c22-17-4-6-18(7-5-17)28-8-10-29(11-9-28)19-26-14-30(20(31)27-19)13-15-2-1-3-16(12-15)21(23,24)25/h1-7,12,14,20,31H,8-11,13H2. The molecule has 1 N–H and O–H groups in total. The molecule has 0 saturated carbocycles. The fourth-order valence-corrected chi connectivity index (χ4v) is 3.56. The average Bonchev–Trinajstić information content (AvgIpc) is 2.75. The van der Waals surface area contributed by atoms with Gasteiger partial charge in [-0.15, -0.1) is 0 Å². The van der Waals surface area contributed by atoms with Gasteiger partial charge in [-0.25, -0.2) is 9.38 Å². The Hall–Kier alpha value is -3.14. The molecule has 2 aromatic rings. The number of anilines is 1. The molecule has 2 aliphatic heterocycles. The number of nitrogens with zero attached hydrogens (tertiary/aromatic N) is 5. The van der Waals surface area contributed by atoms with Crippen LogP contribution < -0.4 is 4.90 Å². The second-order valence-electron chi connectivity index (χ2n) is 7.34. The molecule has 2 aliphatic rings. The summed E-state index contributed by atoms with van der Waals surface area (Å²) >= 11 is 0. The van der Waals surface area contributed by atoms with Gasteiger partial charge in [0, 0.05) is 38.4 Å². The van der Waals surface area contributed by atoms with E-state index in [2.05, 4.69) is 14.9 Å². The van der Waals surface area contributed by atoms with Crippen molar-refractivity contribution in [2.24, 2.45) is 9.98 Å². The zero-order chi connectivity index (χ0) is 22.0. The van der Waals surface area contributed by atoms with Gasteiger partial charge in [0.2, 0.25) is 12.3 Å². The number of hydrogen-bond acceptors (Lipinski definition) is 6. The summed E-state index contributed by atoms with van der Waals surface area (Å²) < 4.78 is 51.8. The monoisotopic (exact) mass is 435 g/mol. The molecule has 0 amide bonds. The molecule has 4 rings (SSSR count). The van der Waals surface area contributed by atoms with Crippen molar-refractivity contribution in [1.82, 2.24) is 9.80 Å². The Morgan fingerprint density at radius 1 is 0.968 bits per heavy atom. The van der Waals surface area contributed by atoms with E-state index in [0.717, 1.165) is 17.8 Å². The predicted octanol–water partition coefficient (Wildman–Crippen LogP) is 3.14. The first kappa shape index (κ1) is 21.1. The van der Waals surface area contributed by atoms with Crippen LogP contribution in [0.15, 0.2) is 58.5 Å². The van der Waals surface area contributed by atoms with E-state index in [1.807, 2.05) is 4.90 Å². The molecule has 0 aromatic heterocycles. The molecule has 2 aromatic carbocycles. The number of hydrogen-bond donors (Lipinski definition) is 1. The molecule has 0 spiro atoms. The molecule has 6 nitrogen and oxygen atoms in total. The van der Waals surface area contributed by atoms with Gasteiger partial charge in [-0.1, -0.05) is 12.1 Å². The fraction of sp³-hybridized carbons (Fsp3) is 0.333. The van der Waals surface area contributed by atoms with Crippen LogP contribution in [-0.4, -0.2) is 59.7 Å². The first-order chi connectivity index (χ1) is 14.8. The summed E-state index contributed by atoms with van der Waals surface area (Å²) in [6, 6.07) is 11.3. The third-order valence-electron chi connectivity index (χ3n) is 5.22. The van der Waals surface area contributed by atoms with Crippen LogP contribution in [0.2, 0.25) is 0 Å². The van der Waals surface area contributed by atoms with E-state index in [-0.39, 0.29) is 12.4 Å². The number of aliphatic hydroxyl groups excluding tert-OH is 1. The molecule has 1 atom stereocenters. The molecular formula is C21H21F4N5O. The lowest BCUT2D eigenvalue weighted by molar-refractivity contribution is -0.137. The van der Waals surface area contributed by atoms with Gasteiger partial charge >= 0.3 is 6.18 Å². The summed E-state index contributed by atoms with van der Waals surface area (Å²) in [6.07, 6.45) is -4.26. The van der Waals surface area contributed by atoms with Crippen LogP contribution in [0.25, 0.3) is 0 Å². The maximum absolute atomic E-state index is 13.1. The number of halogens is 4. The highest BCUT2D eigenvalue weighted by Gasteiger charge is 2.31. The maximum atomic E-state index is 13.1. The van der Waals surface area contributed by atoms with Gasteiger partial charge in [0.05, 0.1) is 11.9 Å². The quantitative estimate of drug-likeness (QED) is 0.753. The Balaban J connectivity index is 1.35. The van der Waals surface area contributed by atoms with E-state index in [4.69, 9.17) is 0 Å². The molecule has 2 heterocycles. The predicted molar refractivity (Wildman–Crippen MR) is 109 cm³/mol. The molecule has 1 saturated heterocycles. The van der Waals surface area contributed by atoms with Crippen LogP contribution in [0.3, 0.4) is 0 Å². The largest absolute Gasteiger partial charge is 0.416 e. The normalized spacial score (nSPS) is 19.6. The zero-order valence-corrected chi connectivity index (χ0v) is 16.5. The summed E-state index contributed by atoms with van der Waals surface area (Å²) in [5.41, 5.74) is 0.589. The van der Waals surface area contributed by atoms with Crippen molar-refractivity contribution in [1.29, 1.82) is 0 Å². The number of aliphatic hydroxyl groups is 1. The Morgan fingerprint density at radius 2 is 1.65 bits per heavy atom. The van der Waals surface area contributed by atoms with Crippen molar-refractivity contribution in [3.05, 3.63) is 65.5 Å². The van der Waals surface area contributed by atoms with Crippen LogP contribution in [0, 0.1) is 5.82 Å². The lowest BCUT2D eigenvalue weighted by atomic mass is 10.1. The van der Waals surface area contributed by atoms with E-state index in [0.29, 0.717) is 37.7 Å². The Labute approximate surface area is 176 Å². The molecule has 0 aliphatic carbocycles. The number of piperazine rings is 1. The first-order valence-corrected chi connectivity index (χ1v) is 9.77. The van der Waals surface area contributed by atoms with Crippen molar-refractivity contribution in [2.45, 2.75) is 19.1 Å². The first-order valence-electron chi connectivity index (χ1n) is 9.77. The zero-order valence-electron chi connectivity index (χ0n) is 16.5. The Morgan fingerprint density at radius 3 is 2.29 bits per heavy atom. The van der Waals surface area contributed by atoms with Crippen molar-refractivity contribution >= 4 is 18.0 Å². The number of rotatable bonds is 3. The van der Waals surface area contributed by atoms with Crippen LogP contribution in [0.4, 0.5) is 23.2 Å². The topological polar surface area (TPSA) is 54.7 Å². The molecular weight excluding hydrogens is 414 g/mol. The van der Waals surface area contributed by atoms with Crippen molar-refractivity contribution in [3.8, 4) is 0 Å². The summed E-state index contributed by atoms with van der Waals surface area (Å²) in [7, 11) is 0. The van der Waals surface area contributed by atoms with Gasteiger partial charge in [0.15, 0.2) is 0 Å². The summed E-state index contributed by atoms with van der Waals surface area (Å²) in [6.45, 7) is 2.65. The molecule has 31 heavy (non-hydrogen) atoms. The second kappa shape index (κ2) is 8.54. The highest BCUT2D eigenvalue weighted by atomic mass is 19.4. The van der Waals surface area contributed by atoms with Gasteiger partial charge in [-0.3, -0.25) is 0 Å². The molecule has 0 radical (unpaired) electrons. The van der Waals surface area contributed by atoms with E-state index in [1.165, 1.54) is 29.4 Å². The van der Waals surface area contributed by atoms with Gasteiger partial charge in [0.25, 0.3) is 0 Å². The smallest absolute Gasteiger partial charge is 0.368 e. The average molecular weight is 435 g/mol. The van der Waals surface area contributed by atoms with Gasteiger partial charge in [0.1, 0.15) is 5.82 Å². The summed E-state index contributed by atoms with van der Waals surface area (Å²) in [5, 5.41) is 10.4. The third-order valence-corrected chi connectivity index (χ3v) is 5.22. The molecule has 10 heteroatoms. The van der Waals surface area contributed by atoms with E-state index in [9.17, 15) is 22.7 Å². The number of aliphatic imine (C=N–C) groups is 2. The third kappa shape index (κ3) is 4.96. The maximum Gasteiger partial charge on any atom is 0.416 e. The van der Waals surface area contributed by atoms with E-state index < -0.39 is 18.1 Å². The highest BCUT2D eigenvalue weighted by molar-refractivity contribution is 5.89. The minimum atomic E-state index is -4.42. The molecule has 164 valence electrons. The summed E-state index contributed by atoms with van der Waals surface area (Å²) in [5.74, 6) is 0.100. The van der Waals surface area contributed by atoms with Crippen LogP contribution in [0.5, 0.6) is 0 Å². The van der Waals surface area contributed by atoms with Crippen molar-refractivity contribution < 1.29 is 22.7 Å². The number of alkyl halides is 3. The molecule has 0 bridgehead atoms. The van der Waals surface area contributed by atoms with Gasteiger partial charge < -0.3 is 19.8 Å². The molecule has 1 fully saturated rings. The van der Waals surface area contributed by atoms with Crippen molar-refractivity contribution in [2.75, 3.05) is 31.1 Å². The van der Waals surface area contributed by atoms with E-state index >= 15 is 0 Å². The fourth-order valence-electron chi connectivity index (χ4n) is 3.56. The lowest BCUT2D eigenvalue weighted by Gasteiger charge is -2.38. The highest BCUT2D eigenvalue weighted by Crippen LogP contribution is 2.30. The minimum Gasteiger partial charge on any atom is -0.368 e. The second-order valence-corrected chi connectivity index (χ2v) is 7.34. The lowest BCUT2D eigenvalue weighted by Crippen LogP contribution is -2.50. The number of guanidine groups is 1. The Bertz CT molecular complexity index is 968. The SMILES string of the molecule is OC1N=C(N2CCN(c3ccc(F)cc3)CC2)N=CN1Cc1cccc(C(F)(F)F)c1. The minimum absolute atomic E-state index is 0.0453. The number of benzene rings is 2. The van der Waals surface area contributed by atoms with Gasteiger partial charge in [-0.05, 0) is 42.0 Å². The van der Waals surface area contributed by atoms with Crippen molar-refractivity contribution in [3.63, 3.8) is 0 Å². The molecule has 1 unspecified atom stereocenters.